The van der Waals surface area contributed by atoms with Crippen LogP contribution in [0.4, 0.5) is 5.69 Å². The molecule has 0 bridgehead atoms. The minimum Gasteiger partial charge on any atom is -0.496 e. The fourth-order valence-electron chi connectivity index (χ4n) is 3.23. The topological polar surface area (TPSA) is 103 Å². The van der Waals surface area contributed by atoms with Crippen molar-refractivity contribution in [1.29, 1.82) is 0 Å². The van der Waals surface area contributed by atoms with Gasteiger partial charge in [-0.05, 0) is 38.4 Å². The van der Waals surface area contributed by atoms with Crippen LogP contribution in [0, 0.1) is 0 Å². The molecule has 1 aliphatic heterocycles. The van der Waals surface area contributed by atoms with E-state index in [4.69, 9.17) is 32.5 Å². The zero-order valence-electron chi connectivity index (χ0n) is 15.5. The fourth-order valence-corrected chi connectivity index (χ4v) is 3.39. The molecule has 2 rings (SSSR count). The molecule has 1 amide bonds. The van der Waals surface area contributed by atoms with Crippen LogP contribution in [0.2, 0.25) is 5.02 Å². The van der Waals surface area contributed by atoms with E-state index in [-0.39, 0.29) is 18.1 Å². The molecule has 0 radical (unpaired) electrons. The van der Waals surface area contributed by atoms with Crippen molar-refractivity contribution >= 4 is 23.2 Å². The van der Waals surface area contributed by atoms with E-state index in [1.165, 1.54) is 13.2 Å². The largest absolute Gasteiger partial charge is 0.496 e. The Labute approximate surface area is 159 Å². The summed E-state index contributed by atoms with van der Waals surface area (Å²) in [5.74, 6) is 0.157. The zero-order chi connectivity index (χ0) is 19.1. The van der Waals surface area contributed by atoms with E-state index in [2.05, 4.69) is 10.2 Å². The van der Waals surface area contributed by atoms with Crippen molar-refractivity contribution < 1.29 is 14.3 Å². The van der Waals surface area contributed by atoms with Crippen LogP contribution in [-0.4, -0.2) is 63.4 Å². The Kier molecular flexibility index (Phi) is 7.96. The molecule has 5 N–H and O–H groups in total. The van der Waals surface area contributed by atoms with Gasteiger partial charge in [0.15, 0.2) is 0 Å². The number of likely N-dealkylation sites (tertiary alicyclic amines) is 1. The normalized spacial score (nSPS) is 20.8. The first-order chi connectivity index (χ1) is 12.5. The van der Waals surface area contributed by atoms with Gasteiger partial charge in [0.2, 0.25) is 0 Å². The van der Waals surface area contributed by atoms with E-state index in [1.54, 1.807) is 13.2 Å². The van der Waals surface area contributed by atoms with Gasteiger partial charge in [-0.15, -0.1) is 0 Å². The number of nitrogens with two attached hydrogens (primary N) is 2. The van der Waals surface area contributed by atoms with E-state index >= 15 is 0 Å². The summed E-state index contributed by atoms with van der Waals surface area (Å²) in [4.78, 5) is 15.1. The van der Waals surface area contributed by atoms with Crippen LogP contribution in [0.15, 0.2) is 12.1 Å². The summed E-state index contributed by atoms with van der Waals surface area (Å²) in [6, 6.07) is 3.03. The van der Waals surface area contributed by atoms with Crippen LogP contribution < -0.4 is 21.5 Å². The molecular weight excluding hydrogens is 356 g/mol. The van der Waals surface area contributed by atoms with Crippen molar-refractivity contribution in [1.82, 2.24) is 10.2 Å². The second kappa shape index (κ2) is 9.97. The number of piperidine rings is 1. The average molecular weight is 385 g/mol. The number of nitrogen functional groups attached to an aromatic ring is 1. The fraction of sp³-hybridized carbons (Fsp3) is 0.611. The molecule has 0 unspecified atom stereocenters. The van der Waals surface area contributed by atoms with Gasteiger partial charge in [0.05, 0.1) is 35.5 Å². The number of benzene rings is 1. The summed E-state index contributed by atoms with van der Waals surface area (Å²) in [5, 5.41) is 3.38. The van der Waals surface area contributed by atoms with Crippen molar-refractivity contribution in [3.63, 3.8) is 0 Å². The summed E-state index contributed by atoms with van der Waals surface area (Å²) < 4.78 is 10.9. The number of amides is 1. The van der Waals surface area contributed by atoms with Crippen molar-refractivity contribution in [2.45, 2.75) is 31.4 Å². The maximum absolute atomic E-state index is 12.7. The molecule has 8 heteroatoms. The molecule has 1 fully saturated rings. The van der Waals surface area contributed by atoms with Crippen molar-refractivity contribution in [3.05, 3.63) is 22.7 Å². The van der Waals surface area contributed by atoms with Gasteiger partial charge in [0.1, 0.15) is 5.75 Å². The number of unbranched alkanes of at least 4 members (excludes halogenated alkanes) is 1. The highest BCUT2D eigenvalue weighted by atomic mass is 35.5. The van der Waals surface area contributed by atoms with Crippen LogP contribution in [0.1, 0.15) is 29.6 Å². The van der Waals surface area contributed by atoms with Crippen molar-refractivity contribution in [2.75, 3.05) is 46.1 Å². The first-order valence-corrected chi connectivity index (χ1v) is 9.27. The molecule has 1 aliphatic rings. The number of nitrogens with one attached hydrogen (secondary N) is 1. The summed E-state index contributed by atoms with van der Waals surface area (Å²) in [5.41, 5.74) is 12.1. The van der Waals surface area contributed by atoms with E-state index < -0.39 is 0 Å². The number of halogens is 1. The first kappa shape index (κ1) is 20.8. The summed E-state index contributed by atoms with van der Waals surface area (Å²) in [7, 11) is 3.17. The highest BCUT2D eigenvalue weighted by Gasteiger charge is 2.31. The molecular formula is C18H29ClN4O3. The van der Waals surface area contributed by atoms with Gasteiger partial charge in [-0.2, -0.15) is 0 Å². The molecule has 0 saturated carbocycles. The van der Waals surface area contributed by atoms with E-state index in [9.17, 15) is 4.79 Å². The van der Waals surface area contributed by atoms with Crippen LogP contribution in [-0.2, 0) is 4.74 Å². The molecule has 146 valence electrons. The standard InChI is InChI=1S/C18H29ClN4O3/c1-25-16-10-14(21)13(19)9-12(16)18(24)22-15-5-8-23(7-4-3-6-20)11-17(15)26-2/h9-10,15,17H,3-8,11,20-21H2,1-2H3,(H,22,24)/t15-,17+/m1/s1. The number of nitrogens with zero attached hydrogens (tertiary/aromatic N) is 1. The monoisotopic (exact) mass is 384 g/mol. The Morgan fingerprint density at radius 2 is 2.15 bits per heavy atom. The second-order valence-electron chi connectivity index (χ2n) is 6.51. The minimum atomic E-state index is -0.243. The summed E-state index contributed by atoms with van der Waals surface area (Å²) in [6.45, 7) is 3.41. The first-order valence-electron chi connectivity index (χ1n) is 8.89. The number of carbonyl (C=O) groups is 1. The third kappa shape index (κ3) is 5.23. The van der Waals surface area contributed by atoms with E-state index in [0.29, 0.717) is 28.6 Å². The van der Waals surface area contributed by atoms with Crippen LogP contribution in [0.5, 0.6) is 5.75 Å². The Morgan fingerprint density at radius 1 is 1.38 bits per heavy atom. The Bertz CT molecular complexity index is 614. The number of carbonyl (C=O) groups excluding carboxylic acids is 1. The smallest absolute Gasteiger partial charge is 0.255 e. The zero-order valence-corrected chi connectivity index (χ0v) is 16.2. The lowest BCUT2D eigenvalue weighted by atomic mass is 10.0. The minimum absolute atomic E-state index is 0.0687. The van der Waals surface area contributed by atoms with Gasteiger partial charge in [-0.25, -0.2) is 0 Å². The molecule has 2 atom stereocenters. The highest BCUT2D eigenvalue weighted by Crippen LogP contribution is 2.29. The van der Waals surface area contributed by atoms with Crippen LogP contribution in [0.3, 0.4) is 0 Å². The van der Waals surface area contributed by atoms with E-state index in [0.717, 1.165) is 38.9 Å². The summed E-state index contributed by atoms with van der Waals surface area (Å²) >= 11 is 6.06. The summed E-state index contributed by atoms with van der Waals surface area (Å²) in [6.07, 6.45) is 2.84. The van der Waals surface area contributed by atoms with Gasteiger partial charge in [0.25, 0.3) is 5.91 Å². The van der Waals surface area contributed by atoms with Crippen LogP contribution in [0.25, 0.3) is 0 Å². The van der Waals surface area contributed by atoms with Gasteiger partial charge < -0.3 is 31.2 Å². The van der Waals surface area contributed by atoms with Crippen LogP contribution >= 0.6 is 11.6 Å². The predicted octanol–water partition coefficient (Wildman–Crippen LogP) is 1.49. The molecule has 1 aromatic rings. The highest BCUT2D eigenvalue weighted by molar-refractivity contribution is 6.33. The number of methoxy groups -OCH3 is 2. The van der Waals surface area contributed by atoms with Crippen molar-refractivity contribution in [2.24, 2.45) is 5.73 Å². The maximum atomic E-state index is 12.7. The lowest BCUT2D eigenvalue weighted by Gasteiger charge is -2.38. The number of hydrogen-bond acceptors (Lipinski definition) is 6. The quantitative estimate of drug-likeness (QED) is 0.463. The van der Waals surface area contributed by atoms with E-state index in [1.807, 2.05) is 0 Å². The Balaban J connectivity index is 2.01. The van der Waals surface area contributed by atoms with Gasteiger partial charge in [0, 0.05) is 26.3 Å². The molecule has 1 heterocycles. The molecule has 26 heavy (non-hydrogen) atoms. The lowest BCUT2D eigenvalue weighted by Crippen LogP contribution is -2.54. The third-order valence-electron chi connectivity index (χ3n) is 4.75. The van der Waals surface area contributed by atoms with Crippen molar-refractivity contribution in [3.8, 4) is 5.75 Å². The lowest BCUT2D eigenvalue weighted by molar-refractivity contribution is 0.00605. The molecule has 1 aromatic carbocycles. The second-order valence-corrected chi connectivity index (χ2v) is 6.92. The Morgan fingerprint density at radius 3 is 2.81 bits per heavy atom. The van der Waals surface area contributed by atoms with Gasteiger partial charge in [-0.3, -0.25) is 4.79 Å². The predicted molar refractivity (Wildman–Crippen MR) is 104 cm³/mol. The van der Waals surface area contributed by atoms with Gasteiger partial charge in [-0.1, -0.05) is 11.6 Å². The molecule has 7 nitrogen and oxygen atoms in total. The maximum Gasteiger partial charge on any atom is 0.255 e. The van der Waals surface area contributed by atoms with Gasteiger partial charge >= 0.3 is 0 Å². The third-order valence-corrected chi connectivity index (χ3v) is 5.08. The molecule has 1 saturated heterocycles. The number of rotatable bonds is 8. The molecule has 0 aromatic heterocycles. The number of hydrogen-bond donors (Lipinski definition) is 3. The number of anilines is 1. The molecule has 0 aliphatic carbocycles. The average Bonchev–Trinajstić information content (AvgIpc) is 2.64. The SMILES string of the molecule is COc1cc(N)c(Cl)cc1C(=O)N[C@@H]1CCN(CCCCN)C[C@@H]1OC. The molecule has 0 spiro atoms. The number of ether oxygens (including phenoxy) is 2. The Hall–Kier alpha value is -1.54.